The number of nitrogen functional groups attached to an aromatic ring is 1. The van der Waals surface area contributed by atoms with Gasteiger partial charge in [0.1, 0.15) is 16.4 Å². The molecule has 0 saturated carbocycles. The number of furan rings is 1. The molecule has 1 aromatic carbocycles. The number of primary amides is 1. The van der Waals surface area contributed by atoms with Crippen molar-refractivity contribution in [1.29, 1.82) is 0 Å². The van der Waals surface area contributed by atoms with Crippen LogP contribution in [0.2, 0.25) is 0 Å². The van der Waals surface area contributed by atoms with Crippen LogP contribution in [-0.4, -0.2) is 41.4 Å². The molecule has 3 heterocycles. The SMILES string of the molecule is Cc1ccc(N(C(=O)c2snc(C(N)=O)c2N)[C@H](C(=O)NC[C@@H]2CCCO2)c2ccc(C)o2)c(C)c1. The Morgan fingerprint density at radius 1 is 1.22 bits per heavy atom. The molecule has 4 rings (SSSR count). The zero-order chi connectivity index (χ0) is 26.0. The van der Waals surface area contributed by atoms with E-state index in [-0.39, 0.29) is 28.1 Å². The number of nitrogens with zero attached hydrogens (tertiary/aromatic N) is 2. The fourth-order valence-corrected chi connectivity index (χ4v) is 5.01. The molecule has 1 aliphatic heterocycles. The molecule has 36 heavy (non-hydrogen) atoms. The van der Waals surface area contributed by atoms with E-state index in [9.17, 15) is 14.4 Å². The molecule has 0 bridgehead atoms. The van der Waals surface area contributed by atoms with Crippen molar-refractivity contribution in [3.8, 4) is 0 Å². The van der Waals surface area contributed by atoms with E-state index in [1.165, 1.54) is 4.90 Å². The van der Waals surface area contributed by atoms with Crippen LogP contribution in [0.5, 0.6) is 0 Å². The predicted molar refractivity (Wildman–Crippen MR) is 136 cm³/mol. The Hall–Kier alpha value is -3.70. The number of nitrogens with two attached hydrogens (primary N) is 2. The van der Waals surface area contributed by atoms with E-state index < -0.39 is 23.8 Å². The number of hydrogen-bond acceptors (Lipinski definition) is 8. The van der Waals surface area contributed by atoms with Gasteiger partial charge in [-0.05, 0) is 68.9 Å². The first kappa shape index (κ1) is 25.4. The minimum Gasteiger partial charge on any atom is -0.464 e. The molecule has 11 heteroatoms. The van der Waals surface area contributed by atoms with Gasteiger partial charge in [0, 0.05) is 18.8 Å². The van der Waals surface area contributed by atoms with Gasteiger partial charge in [-0.3, -0.25) is 19.3 Å². The maximum Gasteiger partial charge on any atom is 0.273 e. The van der Waals surface area contributed by atoms with Gasteiger partial charge in [0.2, 0.25) is 0 Å². The van der Waals surface area contributed by atoms with Gasteiger partial charge in [-0.2, -0.15) is 4.37 Å². The van der Waals surface area contributed by atoms with Crippen LogP contribution in [0.25, 0.3) is 0 Å². The van der Waals surface area contributed by atoms with Gasteiger partial charge in [-0.25, -0.2) is 0 Å². The fraction of sp³-hybridized carbons (Fsp3) is 0.360. The number of ether oxygens (including phenoxy) is 1. The molecule has 10 nitrogen and oxygen atoms in total. The largest absolute Gasteiger partial charge is 0.464 e. The van der Waals surface area contributed by atoms with Crippen LogP contribution < -0.4 is 21.7 Å². The fourth-order valence-electron chi connectivity index (χ4n) is 4.27. The Bertz CT molecular complexity index is 1290. The van der Waals surface area contributed by atoms with Crippen LogP contribution in [0.4, 0.5) is 11.4 Å². The molecule has 3 aromatic rings. The smallest absolute Gasteiger partial charge is 0.273 e. The third-order valence-corrected chi connectivity index (χ3v) is 6.90. The summed E-state index contributed by atoms with van der Waals surface area (Å²) in [4.78, 5) is 40.8. The Kier molecular flexibility index (Phi) is 7.41. The number of amides is 3. The second kappa shape index (κ2) is 10.5. The third-order valence-electron chi connectivity index (χ3n) is 6.05. The van der Waals surface area contributed by atoms with E-state index in [1.54, 1.807) is 25.1 Å². The summed E-state index contributed by atoms with van der Waals surface area (Å²) in [5, 5.41) is 2.92. The van der Waals surface area contributed by atoms with E-state index >= 15 is 0 Å². The van der Waals surface area contributed by atoms with Crippen LogP contribution in [0, 0.1) is 20.8 Å². The monoisotopic (exact) mass is 511 g/mol. The van der Waals surface area contributed by atoms with Crippen molar-refractivity contribution in [1.82, 2.24) is 9.69 Å². The molecule has 190 valence electrons. The second-order valence-corrected chi connectivity index (χ2v) is 9.61. The minimum absolute atomic E-state index is 0.00368. The van der Waals surface area contributed by atoms with Crippen LogP contribution in [-0.2, 0) is 9.53 Å². The van der Waals surface area contributed by atoms with Crippen molar-refractivity contribution < 1.29 is 23.5 Å². The molecule has 0 radical (unpaired) electrons. The van der Waals surface area contributed by atoms with Gasteiger partial charge >= 0.3 is 0 Å². The highest BCUT2D eigenvalue weighted by Crippen LogP contribution is 2.35. The summed E-state index contributed by atoms with van der Waals surface area (Å²) in [6.45, 7) is 6.50. The first-order valence-electron chi connectivity index (χ1n) is 11.6. The first-order chi connectivity index (χ1) is 17.2. The number of nitrogens with one attached hydrogen (secondary N) is 1. The molecule has 0 spiro atoms. The van der Waals surface area contributed by atoms with Crippen LogP contribution in [0.3, 0.4) is 0 Å². The zero-order valence-electron chi connectivity index (χ0n) is 20.4. The normalized spacial score (nSPS) is 16.0. The number of aryl methyl sites for hydroxylation is 3. The molecular formula is C25H29N5O5S. The van der Waals surface area contributed by atoms with Crippen molar-refractivity contribution in [2.75, 3.05) is 23.8 Å². The second-order valence-electron chi connectivity index (χ2n) is 8.83. The number of rotatable bonds is 8. The Labute approximate surface area is 212 Å². The summed E-state index contributed by atoms with van der Waals surface area (Å²) in [5.74, 6) is -1.01. The van der Waals surface area contributed by atoms with E-state index in [4.69, 9.17) is 20.6 Å². The first-order valence-corrected chi connectivity index (χ1v) is 12.4. The van der Waals surface area contributed by atoms with Crippen molar-refractivity contribution in [3.63, 3.8) is 0 Å². The summed E-state index contributed by atoms with van der Waals surface area (Å²) in [6.07, 6.45) is 1.69. The molecule has 2 aromatic heterocycles. The highest BCUT2D eigenvalue weighted by Gasteiger charge is 2.38. The van der Waals surface area contributed by atoms with Gasteiger partial charge < -0.3 is 25.9 Å². The Morgan fingerprint density at radius 2 is 2.00 bits per heavy atom. The number of aromatic nitrogens is 1. The van der Waals surface area contributed by atoms with Gasteiger partial charge in [-0.15, -0.1) is 0 Å². The summed E-state index contributed by atoms with van der Waals surface area (Å²) >= 11 is 0.759. The predicted octanol–water partition coefficient (Wildman–Crippen LogP) is 3.03. The minimum atomic E-state index is -1.16. The summed E-state index contributed by atoms with van der Waals surface area (Å²) in [5.41, 5.74) is 13.4. The molecule has 1 fully saturated rings. The van der Waals surface area contributed by atoms with E-state index in [0.717, 1.165) is 35.5 Å². The lowest BCUT2D eigenvalue weighted by molar-refractivity contribution is -0.123. The van der Waals surface area contributed by atoms with Crippen molar-refractivity contribution >= 4 is 40.6 Å². The highest BCUT2D eigenvalue weighted by molar-refractivity contribution is 7.09. The number of carbonyl (C=O) groups excluding carboxylic acids is 3. The molecule has 0 aliphatic carbocycles. The maximum absolute atomic E-state index is 14.0. The Morgan fingerprint density at radius 3 is 2.58 bits per heavy atom. The standard InChI is InChI=1S/C25H29N5O5S/c1-13-6-8-17(14(2)11-13)30(25(33)22-19(26)20(23(27)31)29-36-22)21(18-9-7-15(3)35-18)24(32)28-12-16-5-4-10-34-16/h6-9,11,16,21H,4-5,10,12,26H2,1-3H3,(H2,27,31)(H,28,32)/t16-,21-/m0/s1. The summed E-state index contributed by atoms with van der Waals surface area (Å²) in [6, 6.07) is 7.77. The van der Waals surface area contributed by atoms with Gasteiger partial charge in [0.25, 0.3) is 17.7 Å². The number of benzene rings is 1. The lowest BCUT2D eigenvalue weighted by atomic mass is 10.0. The zero-order valence-corrected chi connectivity index (χ0v) is 21.2. The molecule has 1 saturated heterocycles. The molecule has 1 aliphatic rings. The van der Waals surface area contributed by atoms with Crippen molar-refractivity contribution in [3.05, 3.63) is 63.6 Å². The summed E-state index contributed by atoms with van der Waals surface area (Å²) in [7, 11) is 0. The number of anilines is 2. The lowest BCUT2D eigenvalue weighted by Gasteiger charge is -2.31. The van der Waals surface area contributed by atoms with Gasteiger partial charge in [-0.1, -0.05) is 17.7 Å². The van der Waals surface area contributed by atoms with Gasteiger partial charge in [0.15, 0.2) is 11.7 Å². The molecule has 2 atom stereocenters. The number of hydrogen-bond donors (Lipinski definition) is 3. The van der Waals surface area contributed by atoms with Gasteiger partial charge in [0.05, 0.1) is 11.8 Å². The van der Waals surface area contributed by atoms with E-state index in [2.05, 4.69) is 9.69 Å². The van der Waals surface area contributed by atoms with Crippen molar-refractivity contribution in [2.45, 2.75) is 45.8 Å². The van der Waals surface area contributed by atoms with Crippen LogP contribution >= 0.6 is 11.5 Å². The maximum atomic E-state index is 14.0. The van der Waals surface area contributed by atoms with Crippen LogP contribution in [0.15, 0.2) is 34.7 Å². The highest BCUT2D eigenvalue weighted by atomic mass is 32.1. The molecule has 0 unspecified atom stereocenters. The van der Waals surface area contributed by atoms with Crippen LogP contribution in [0.1, 0.15) is 61.7 Å². The average molecular weight is 512 g/mol. The lowest BCUT2D eigenvalue weighted by Crippen LogP contribution is -2.45. The molecule has 5 N–H and O–H groups in total. The average Bonchev–Trinajstić information content (AvgIpc) is 3.57. The topological polar surface area (TPSA) is 154 Å². The quantitative estimate of drug-likeness (QED) is 0.420. The Balaban J connectivity index is 1.82. The molecular weight excluding hydrogens is 482 g/mol. The van der Waals surface area contributed by atoms with E-state index in [0.29, 0.717) is 24.6 Å². The molecule has 3 amide bonds. The third kappa shape index (κ3) is 5.12. The van der Waals surface area contributed by atoms with E-state index in [1.807, 2.05) is 26.0 Å². The van der Waals surface area contributed by atoms with Crippen molar-refractivity contribution in [2.24, 2.45) is 5.73 Å². The number of carbonyl (C=O) groups is 3. The summed E-state index contributed by atoms with van der Waals surface area (Å²) < 4.78 is 15.5.